The van der Waals surface area contributed by atoms with Crippen LogP contribution in [-0.2, 0) is 15.1 Å². The zero-order chi connectivity index (χ0) is 11.9. The number of carbonyl (C=O) groups is 1. The molecule has 2 rings (SSSR count). The van der Waals surface area contributed by atoms with E-state index in [2.05, 4.69) is 32.9 Å². The van der Waals surface area contributed by atoms with E-state index in [4.69, 9.17) is 4.74 Å². The van der Waals surface area contributed by atoms with Crippen LogP contribution in [0.15, 0.2) is 12.1 Å². The van der Waals surface area contributed by atoms with Crippen molar-refractivity contribution >= 4 is 5.97 Å². The number of rotatable bonds is 1. The largest absolute Gasteiger partial charge is 0.454 e. The van der Waals surface area contributed by atoms with Gasteiger partial charge in [0.1, 0.15) is 5.60 Å². The molecule has 0 radical (unpaired) electrons. The van der Waals surface area contributed by atoms with E-state index in [-0.39, 0.29) is 5.97 Å². The Morgan fingerprint density at radius 1 is 1.19 bits per heavy atom. The summed E-state index contributed by atoms with van der Waals surface area (Å²) in [5, 5.41) is 0. The number of hydrogen-bond acceptors (Lipinski definition) is 2. The Hall–Kier alpha value is -1.31. The first-order valence-corrected chi connectivity index (χ1v) is 5.72. The summed E-state index contributed by atoms with van der Waals surface area (Å²) >= 11 is 0. The first-order chi connectivity index (χ1) is 7.42. The highest BCUT2D eigenvalue weighted by molar-refractivity contribution is 5.73. The molecule has 2 heteroatoms. The van der Waals surface area contributed by atoms with Crippen LogP contribution < -0.4 is 0 Å². The fourth-order valence-corrected chi connectivity index (χ4v) is 2.88. The van der Waals surface area contributed by atoms with Crippen LogP contribution in [0.1, 0.15) is 42.0 Å². The van der Waals surface area contributed by atoms with Crippen molar-refractivity contribution in [3.05, 3.63) is 34.4 Å². The maximum Gasteiger partial charge on any atom is 0.306 e. The maximum atomic E-state index is 11.3. The van der Waals surface area contributed by atoms with E-state index in [9.17, 15) is 4.79 Å². The van der Waals surface area contributed by atoms with Crippen molar-refractivity contribution in [3.63, 3.8) is 0 Å². The smallest absolute Gasteiger partial charge is 0.306 e. The van der Waals surface area contributed by atoms with Crippen molar-refractivity contribution in [2.45, 2.75) is 46.1 Å². The number of hydrogen-bond donors (Lipinski definition) is 0. The second kappa shape index (κ2) is 3.62. The molecule has 0 aromatic heterocycles. The monoisotopic (exact) mass is 218 g/mol. The van der Waals surface area contributed by atoms with Crippen molar-refractivity contribution in [2.75, 3.05) is 0 Å². The standard InChI is InChI=1S/C14H18O2/c1-9-7-10(2)13(11(3)8-9)14(4)6-5-12(15)16-14/h7-8H,5-6H2,1-4H3. The summed E-state index contributed by atoms with van der Waals surface area (Å²) in [5.74, 6) is -0.0816. The molecule has 0 spiro atoms. The van der Waals surface area contributed by atoms with Crippen LogP contribution in [-0.4, -0.2) is 5.97 Å². The molecule has 0 N–H and O–H groups in total. The Kier molecular flexibility index (Phi) is 2.53. The second-order valence-electron chi connectivity index (χ2n) is 4.98. The number of cyclic esters (lactones) is 1. The van der Waals surface area contributed by atoms with Crippen molar-refractivity contribution in [1.82, 2.24) is 0 Å². The molecule has 1 aliphatic heterocycles. The van der Waals surface area contributed by atoms with Crippen LogP contribution in [0.25, 0.3) is 0 Å². The molecule has 1 atom stereocenters. The number of ether oxygens (including phenoxy) is 1. The van der Waals surface area contributed by atoms with E-state index in [0.717, 1.165) is 6.42 Å². The average molecular weight is 218 g/mol. The van der Waals surface area contributed by atoms with E-state index in [0.29, 0.717) is 6.42 Å². The van der Waals surface area contributed by atoms with Crippen molar-refractivity contribution in [2.24, 2.45) is 0 Å². The highest BCUT2D eigenvalue weighted by Gasteiger charge is 2.39. The minimum Gasteiger partial charge on any atom is -0.454 e. The van der Waals surface area contributed by atoms with Crippen molar-refractivity contribution in [1.29, 1.82) is 0 Å². The fourth-order valence-electron chi connectivity index (χ4n) is 2.88. The zero-order valence-corrected chi connectivity index (χ0v) is 10.4. The van der Waals surface area contributed by atoms with E-state index in [1.165, 1.54) is 22.3 Å². The lowest BCUT2D eigenvalue weighted by atomic mass is 9.85. The van der Waals surface area contributed by atoms with Gasteiger partial charge in [-0.1, -0.05) is 17.7 Å². The van der Waals surface area contributed by atoms with Gasteiger partial charge in [0.2, 0.25) is 0 Å². The quantitative estimate of drug-likeness (QED) is 0.677. The molecule has 1 saturated heterocycles. The summed E-state index contributed by atoms with van der Waals surface area (Å²) in [6, 6.07) is 4.31. The van der Waals surface area contributed by atoms with Gasteiger partial charge in [0, 0.05) is 18.4 Å². The summed E-state index contributed by atoms with van der Waals surface area (Å²) < 4.78 is 5.50. The van der Waals surface area contributed by atoms with E-state index < -0.39 is 5.60 Å². The molecule has 16 heavy (non-hydrogen) atoms. The fraction of sp³-hybridized carbons (Fsp3) is 0.500. The van der Waals surface area contributed by atoms with Crippen LogP contribution in [0.5, 0.6) is 0 Å². The first-order valence-electron chi connectivity index (χ1n) is 5.72. The van der Waals surface area contributed by atoms with Crippen molar-refractivity contribution in [3.8, 4) is 0 Å². The third-order valence-electron chi connectivity index (χ3n) is 3.35. The first kappa shape index (κ1) is 11.2. The SMILES string of the molecule is Cc1cc(C)c(C2(C)CCC(=O)O2)c(C)c1. The molecule has 1 fully saturated rings. The minimum absolute atomic E-state index is 0.0816. The third kappa shape index (κ3) is 1.73. The average Bonchev–Trinajstić information content (AvgIpc) is 2.44. The van der Waals surface area contributed by atoms with Gasteiger partial charge in [0.05, 0.1) is 0 Å². The van der Waals surface area contributed by atoms with Gasteiger partial charge in [-0.05, 0) is 38.8 Å². The lowest BCUT2D eigenvalue weighted by molar-refractivity contribution is -0.147. The summed E-state index contributed by atoms with van der Waals surface area (Å²) in [4.78, 5) is 11.3. The second-order valence-corrected chi connectivity index (χ2v) is 4.98. The Labute approximate surface area is 96.6 Å². The number of esters is 1. The van der Waals surface area contributed by atoms with E-state index in [1.54, 1.807) is 0 Å². The minimum atomic E-state index is -0.418. The van der Waals surface area contributed by atoms with Gasteiger partial charge < -0.3 is 4.74 Å². The molecule has 86 valence electrons. The molecule has 1 unspecified atom stereocenters. The molecule has 1 aromatic carbocycles. The van der Waals surface area contributed by atoms with Gasteiger partial charge in [0.25, 0.3) is 0 Å². The van der Waals surface area contributed by atoms with Gasteiger partial charge >= 0.3 is 5.97 Å². The summed E-state index contributed by atoms with van der Waals surface area (Å²) in [5.41, 5.74) is 4.46. The van der Waals surface area contributed by atoms with Gasteiger partial charge in [-0.3, -0.25) is 4.79 Å². The molecule has 1 aliphatic rings. The molecular weight excluding hydrogens is 200 g/mol. The van der Waals surface area contributed by atoms with Crippen LogP contribution in [0.4, 0.5) is 0 Å². The molecule has 0 saturated carbocycles. The van der Waals surface area contributed by atoms with Gasteiger partial charge in [-0.15, -0.1) is 0 Å². The molecule has 0 bridgehead atoms. The maximum absolute atomic E-state index is 11.3. The van der Waals surface area contributed by atoms with Gasteiger partial charge in [0.15, 0.2) is 0 Å². The lowest BCUT2D eigenvalue weighted by Crippen LogP contribution is -2.23. The molecule has 1 aromatic rings. The predicted octanol–water partition coefficient (Wildman–Crippen LogP) is 3.16. The summed E-state index contributed by atoms with van der Waals surface area (Å²) in [6.45, 7) is 8.29. The van der Waals surface area contributed by atoms with Crippen molar-refractivity contribution < 1.29 is 9.53 Å². The Balaban J connectivity index is 2.52. The van der Waals surface area contributed by atoms with Crippen LogP contribution in [0.2, 0.25) is 0 Å². The molecule has 1 heterocycles. The highest BCUT2D eigenvalue weighted by Crippen LogP contribution is 2.39. The van der Waals surface area contributed by atoms with Crippen LogP contribution >= 0.6 is 0 Å². The Bertz CT molecular complexity index is 425. The van der Waals surface area contributed by atoms with Crippen LogP contribution in [0.3, 0.4) is 0 Å². The topological polar surface area (TPSA) is 26.3 Å². The lowest BCUT2D eigenvalue weighted by Gasteiger charge is -2.27. The van der Waals surface area contributed by atoms with E-state index in [1.807, 2.05) is 6.92 Å². The molecule has 0 aliphatic carbocycles. The molecule has 2 nitrogen and oxygen atoms in total. The molecular formula is C14H18O2. The zero-order valence-electron chi connectivity index (χ0n) is 10.4. The number of aryl methyl sites for hydroxylation is 3. The Morgan fingerprint density at radius 2 is 1.75 bits per heavy atom. The summed E-state index contributed by atoms with van der Waals surface area (Å²) in [7, 11) is 0. The molecule has 0 amide bonds. The Morgan fingerprint density at radius 3 is 2.19 bits per heavy atom. The normalized spacial score (nSPS) is 24.6. The number of carbonyl (C=O) groups excluding carboxylic acids is 1. The highest BCUT2D eigenvalue weighted by atomic mass is 16.6. The van der Waals surface area contributed by atoms with E-state index >= 15 is 0 Å². The summed E-state index contributed by atoms with van der Waals surface area (Å²) in [6.07, 6.45) is 1.32. The number of benzene rings is 1. The third-order valence-corrected chi connectivity index (χ3v) is 3.35. The predicted molar refractivity (Wildman–Crippen MR) is 63.3 cm³/mol. The van der Waals surface area contributed by atoms with Crippen LogP contribution in [0, 0.1) is 20.8 Å². The van der Waals surface area contributed by atoms with Gasteiger partial charge in [-0.25, -0.2) is 0 Å². The van der Waals surface area contributed by atoms with Gasteiger partial charge in [-0.2, -0.15) is 0 Å².